The highest BCUT2D eigenvalue weighted by Crippen LogP contribution is 2.23. The lowest BCUT2D eigenvalue weighted by Crippen LogP contribution is -2.14. The second kappa shape index (κ2) is 3.44. The Morgan fingerprint density at radius 3 is 2.92 bits per heavy atom. The monoisotopic (exact) mass is 181 g/mol. The molecule has 3 heteroatoms. The van der Waals surface area contributed by atoms with Crippen LogP contribution in [-0.2, 0) is 0 Å². The van der Waals surface area contributed by atoms with E-state index in [1.807, 2.05) is 6.07 Å². The summed E-state index contributed by atoms with van der Waals surface area (Å²) in [6.45, 7) is 0.598. The van der Waals surface area contributed by atoms with Crippen molar-refractivity contribution in [1.82, 2.24) is 5.32 Å². The third kappa shape index (κ3) is 1.87. The first-order valence-electron chi connectivity index (χ1n) is 4.42. The predicted molar refractivity (Wildman–Crippen MR) is 47.8 cm³/mol. The molecule has 13 heavy (non-hydrogen) atoms. The van der Waals surface area contributed by atoms with E-state index in [0.717, 1.165) is 5.56 Å². The van der Waals surface area contributed by atoms with Gasteiger partial charge in [-0.15, -0.1) is 0 Å². The highest BCUT2D eigenvalue weighted by atomic mass is 19.1. The molecule has 1 saturated heterocycles. The van der Waals surface area contributed by atoms with Crippen LogP contribution in [0.15, 0.2) is 24.3 Å². The Morgan fingerprint density at radius 1 is 1.46 bits per heavy atom. The van der Waals surface area contributed by atoms with Gasteiger partial charge in [0.05, 0.1) is 6.10 Å². The summed E-state index contributed by atoms with van der Waals surface area (Å²) < 4.78 is 12.8. The van der Waals surface area contributed by atoms with E-state index in [2.05, 4.69) is 5.32 Å². The SMILES string of the molecule is O[C@H]1CNC(c2cccc(F)c2)C1. The minimum atomic E-state index is -0.298. The molecule has 1 aliphatic heterocycles. The Labute approximate surface area is 76.4 Å². The number of hydrogen-bond donors (Lipinski definition) is 2. The third-order valence-electron chi connectivity index (χ3n) is 2.36. The second-order valence-corrected chi connectivity index (χ2v) is 3.41. The molecule has 0 spiro atoms. The summed E-state index contributed by atoms with van der Waals surface area (Å²) in [5.74, 6) is -0.222. The quantitative estimate of drug-likeness (QED) is 0.682. The molecule has 1 unspecified atom stereocenters. The summed E-state index contributed by atoms with van der Waals surface area (Å²) in [7, 11) is 0. The van der Waals surface area contributed by atoms with Gasteiger partial charge in [-0.3, -0.25) is 0 Å². The lowest BCUT2D eigenvalue weighted by molar-refractivity contribution is 0.193. The average molecular weight is 181 g/mol. The van der Waals surface area contributed by atoms with Crippen molar-refractivity contribution >= 4 is 0 Å². The predicted octanol–water partition coefficient (Wildman–Crippen LogP) is 1.22. The number of hydrogen-bond acceptors (Lipinski definition) is 2. The summed E-state index contributed by atoms with van der Waals surface area (Å²) in [6.07, 6.45) is 0.372. The molecule has 2 atom stereocenters. The van der Waals surface area contributed by atoms with Crippen LogP contribution < -0.4 is 5.32 Å². The van der Waals surface area contributed by atoms with E-state index >= 15 is 0 Å². The van der Waals surface area contributed by atoms with E-state index in [-0.39, 0.29) is 18.0 Å². The molecular weight excluding hydrogens is 169 g/mol. The van der Waals surface area contributed by atoms with Gasteiger partial charge in [0, 0.05) is 12.6 Å². The van der Waals surface area contributed by atoms with Gasteiger partial charge < -0.3 is 10.4 Å². The van der Waals surface area contributed by atoms with E-state index < -0.39 is 0 Å². The Bertz CT molecular complexity index is 303. The fraction of sp³-hybridized carbons (Fsp3) is 0.400. The van der Waals surface area contributed by atoms with Crippen molar-refractivity contribution in [3.05, 3.63) is 35.6 Å². The minimum absolute atomic E-state index is 0.102. The molecule has 0 radical (unpaired) electrons. The summed E-state index contributed by atoms with van der Waals surface area (Å²) in [4.78, 5) is 0. The fourth-order valence-corrected chi connectivity index (χ4v) is 1.69. The largest absolute Gasteiger partial charge is 0.392 e. The molecule has 1 fully saturated rings. The molecule has 1 aromatic rings. The highest BCUT2D eigenvalue weighted by molar-refractivity contribution is 5.21. The number of β-amino-alcohol motifs (C(OH)–C–C–N with tert-alkyl or cyclic N) is 1. The van der Waals surface area contributed by atoms with Gasteiger partial charge in [0.25, 0.3) is 0 Å². The molecular formula is C10H12FNO. The standard InChI is InChI=1S/C10H12FNO/c11-8-3-1-2-7(4-8)10-5-9(13)6-12-10/h1-4,9-10,12-13H,5-6H2/t9-,10?/m1/s1. The Balaban J connectivity index is 2.16. The topological polar surface area (TPSA) is 32.3 Å². The smallest absolute Gasteiger partial charge is 0.123 e. The van der Waals surface area contributed by atoms with Crippen molar-refractivity contribution in [2.45, 2.75) is 18.6 Å². The maximum absolute atomic E-state index is 12.8. The molecule has 2 rings (SSSR count). The van der Waals surface area contributed by atoms with E-state index in [1.165, 1.54) is 12.1 Å². The molecule has 0 saturated carbocycles. The van der Waals surface area contributed by atoms with Gasteiger partial charge in [-0.2, -0.15) is 0 Å². The van der Waals surface area contributed by atoms with Crippen molar-refractivity contribution in [2.24, 2.45) is 0 Å². The van der Waals surface area contributed by atoms with Gasteiger partial charge in [0.2, 0.25) is 0 Å². The first-order chi connectivity index (χ1) is 6.25. The zero-order valence-corrected chi connectivity index (χ0v) is 7.20. The number of aliphatic hydroxyl groups is 1. The maximum Gasteiger partial charge on any atom is 0.123 e. The molecule has 0 bridgehead atoms. The first kappa shape index (κ1) is 8.66. The maximum atomic E-state index is 12.8. The van der Waals surface area contributed by atoms with Crippen LogP contribution in [0, 0.1) is 5.82 Å². The van der Waals surface area contributed by atoms with Crippen LogP contribution in [-0.4, -0.2) is 17.8 Å². The fourth-order valence-electron chi connectivity index (χ4n) is 1.69. The Hall–Kier alpha value is -0.930. The number of aliphatic hydroxyl groups excluding tert-OH is 1. The molecule has 0 amide bonds. The van der Waals surface area contributed by atoms with Gasteiger partial charge in [-0.05, 0) is 24.1 Å². The van der Waals surface area contributed by atoms with Crippen molar-refractivity contribution < 1.29 is 9.50 Å². The van der Waals surface area contributed by atoms with Crippen molar-refractivity contribution in [2.75, 3.05) is 6.54 Å². The zero-order chi connectivity index (χ0) is 9.26. The van der Waals surface area contributed by atoms with Gasteiger partial charge >= 0.3 is 0 Å². The molecule has 2 N–H and O–H groups in total. The summed E-state index contributed by atoms with van der Waals surface area (Å²) in [5, 5.41) is 12.4. The number of halogens is 1. The molecule has 1 aliphatic rings. The minimum Gasteiger partial charge on any atom is -0.392 e. The number of rotatable bonds is 1. The molecule has 2 nitrogen and oxygen atoms in total. The van der Waals surface area contributed by atoms with Crippen LogP contribution in [0.1, 0.15) is 18.0 Å². The van der Waals surface area contributed by atoms with Gasteiger partial charge in [-0.1, -0.05) is 12.1 Å². The first-order valence-corrected chi connectivity index (χ1v) is 4.42. The molecule has 1 heterocycles. The highest BCUT2D eigenvalue weighted by Gasteiger charge is 2.23. The van der Waals surface area contributed by atoms with E-state index in [4.69, 9.17) is 0 Å². The molecule has 70 valence electrons. The van der Waals surface area contributed by atoms with Gasteiger partial charge in [0.15, 0.2) is 0 Å². The Kier molecular flexibility index (Phi) is 2.29. The second-order valence-electron chi connectivity index (χ2n) is 3.41. The number of benzene rings is 1. The third-order valence-corrected chi connectivity index (χ3v) is 2.36. The van der Waals surface area contributed by atoms with Crippen LogP contribution in [0.4, 0.5) is 4.39 Å². The van der Waals surface area contributed by atoms with E-state index in [0.29, 0.717) is 13.0 Å². The summed E-state index contributed by atoms with van der Waals surface area (Å²) in [5.41, 5.74) is 0.913. The lowest BCUT2D eigenvalue weighted by atomic mass is 10.0. The van der Waals surface area contributed by atoms with Gasteiger partial charge in [-0.25, -0.2) is 4.39 Å². The van der Waals surface area contributed by atoms with Crippen LogP contribution in [0.25, 0.3) is 0 Å². The van der Waals surface area contributed by atoms with Crippen LogP contribution in [0.5, 0.6) is 0 Å². The summed E-state index contributed by atoms with van der Waals surface area (Å²) in [6, 6.07) is 6.60. The van der Waals surface area contributed by atoms with Crippen molar-refractivity contribution in [1.29, 1.82) is 0 Å². The van der Waals surface area contributed by atoms with Gasteiger partial charge in [0.1, 0.15) is 5.82 Å². The Morgan fingerprint density at radius 2 is 2.31 bits per heavy atom. The zero-order valence-electron chi connectivity index (χ0n) is 7.20. The molecule has 1 aromatic carbocycles. The van der Waals surface area contributed by atoms with Crippen molar-refractivity contribution in [3.63, 3.8) is 0 Å². The van der Waals surface area contributed by atoms with Crippen LogP contribution in [0.2, 0.25) is 0 Å². The lowest BCUT2D eigenvalue weighted by Gasteiger charge is -2.09. The number of nitrogens with one attached hydrogen (secondary N) is 1. The average Bonchev–Trinajstić information content (AvgIpc) is 2.52. The van der Waals surface area contributed by atoms with Crippen LogP contribution in [0.3, 0.4) is 0 Å². The van der Waals surface area contributed by atoms with E-state index in [9.17, 15) is 9.50 Å². The molecule has 0 aliphatic carbocycles. The van der Waals surface area contributed by atoms with Crippen LogP contribution >= 0.6 is 0 Å². The normalized spacial score (nSPS) is 27.8. The van der Waals surface area contributed by atoms with Crippen molar-refractivity contribution in [3.8, 4) is 0 Å². The van der Waals surface area contributed by atoms with E-state index in [1.54, 1.807) is 6.07 Å². The molecule has 0 aromatic heterocycles. The summed E-state index contributed by atoms with van der Waals surface area (Å²) >= 11 is 0.